The van der Waals surface area contributed by atoms with Crippen LogP contribution in [-0.4, -0.2) is 24.5 Å². The normalized spacial score (nSPS) is 10.4. The van der Waals surface area contributed by atoms with Gasteiger partial charge in [0.25, 0.3) is 5.91 Å². The van der Waals surface area contributed by atoms with E-state index in [1.165, 1.54) is 11.3 Å². The van der Waals surface area contributed by atoms with Crippen LogP contribution in [0, 0.1) is 0 Å². The van der Waals surface area contributed by atoms with Gasteiger partial charge in [-0.2, -0.15) is 0 Å². The molecule has 7 heteroatoms. The molecule has 0 aliphatic carbocycles. The number of rotatable bonds is 6. The van der Waals surface area contributed by atoms with E-state index in [1.807, 2.05) is 6.07 Å². The molecule has 0 bridgehead atoms. The maximum absolute atomic E-state index is 12.0. The van der Waals surface area contributed by atoms with E-state index in [0.29, 0.717) is 36.0 Å². The van der Waals surface area contributed by atoms with Crippen LogP contribution in [0.3, 0.4) is 0 Å². The zero-order chi connectivity index (χ0) is 15.2. The minimum absolute atomic E-state index is 0.207. The topological polar surface area (TPSA) is 77.2 Å². The fourth-order valence-electron chi connectivity index (χ4n) is 1.75. The molecule has 0 radical (unpaired) electrons. The van der Waals surface area contributed by atoms with Crippen molar-refractivity contribution in [1.82, 2.24) is 10.3 Å². The first-order valence-electron chi connectivity index (χ1n) is 6.39. The number of hydrogen-bond donors (Lipinski definition) is 2. The van der Waals surface area contributed by atoms with Gasteiger partial charge in [-0.15, -0.1) is 11.3 Å². The van der Waals surface area contributed by atoms with E-state index in [2.05, 4.69) is 10.3 Å². The van der Waals surface area contributed by atoms with Gasteiger partial charge in [0.05, 0.1) is 17.1 Å². The van der Waals surface area contributed by atoms with Crippen LogP contribution in [0.2, 0.25) is 5.02 Å². The maximum Gasteiger partial charge on any atom is 0.271 e. The standard InChI is InChI=1S/C14H16ClN3O2S/c1-20-12-3-2-9(6-10(12)15)7-17-14(19)11-8-21-13(18-11)4-5-16/h2-3,6,8H,4-5,7,16H2,1H3,(H,17,19). The summed E-state index contributed by atoms with van der Waals surface area (Å²) in [6.07, 6.45) is 0.687. The van der Waals surface area contributed by atoms with Crippen molar-refractivity contribution in [3.63, 3.8) is 0 Å². The number of ether oxygens (including phenoxy) is 1. The van der Waals surface area contributed by atoms with Crippen LogP contribution < -0.4 is 15.8 Å². The fourth-order valence-corrected chi connectivity index (χ4v) is 2.82. The Hall–Kier alpha value is -1.63. The number of nitrogens with two attached hydrogens (primary N) is 1. The molecule has 1 amide bonds. The lowest BCUT2D eigenvalue weighted by Gasteiger charge is -2.07. The van der Waals surface area contributed by atoms with E-state index < -0.39 is 0 Å². The highest BCUT2D eigenvalue weighted by Crippen LogP contribution is 2.24. The molecule has 1 aromatic carbocycles. The number of benzene rings is 1. The van der Waals surface area contributed by atoms with Crippen molar-refractivity contribution in [2.75, 3.05) is 13.7 Å². The number of carbonyl (C=O) groups excluding carboxylic acids is 1. The van der Waals surface area contributed by atoms with Crippen molar-refractivity contribution in [3.8, 4) is 5.75 Å². The van der Waals surface area contributed by atoms with Gasteiger partial charge in [-0.25, -0.2) is 4.98 Å². The number of methoxy groups -OCH3 is 1. The number of hydrogen-bond acceptors (Lipinski definition) is 5. The van der Waals surface area contributed by atoms with Crippen molar-refractivity contribution in [3.05, 3.63) is 44.9 Å². The second kappa shape index (κ2) is 7.40. The van der Waals surface area contributed by atoms with Crippen LogP contribution in [0.25, 0.3) is 0 Å². The molecule has 0 fully saturated rings. The Morgan fingerprint density at radius 2 is 2.33 bits per heavy atom. The van der Waals surface area contributed by atoms with E-state index in [4.69, 9.17) is 22.1 Å². The molecule has 0 aliphatic rings. The molecule has 5 nitrogen and oxygen atoms in total. The second-order valence-corrected chi connectivity index (χ2v) is 5.67. The number of nitrogens with zero attached hydrogens (tertiary/aromatic N) is 1. The monoisotopic (exact) mass is 325 g/mol. The molecule has 0 saturated heterocycles. The average Bonchev–Trinajstić information content (AvgIpc) is 2.94. The van der Waals surface area contributed by atoms with Gasteiger partial charge in [-0.05, 0) is 24.2 Å². The average molecular weight is 326 g/mol. The molecule has 2 aromatic rings. The molecular formula is C14H16ClN3O2S. The predicted octanol–water partition coefficient (Wildman–Crippen LogP) is 2.24. The minimum Gasteiger partial charge on any atom is -0.495 e. The summed E-state index contributed by atoms with van der Waals surface area (Å²) in [5.74, 6) is 0.402. The van der Waals surface area contributed by atoms with Crippen molar-refractivity contribution in [2.45, 2.75) is 13.0 Å². The summed E-state index contributed by atoms with van der Waals surface area (Å²) in [6.45, 7) is 0.908. The number of thiazole rings is 1. The quantitative estimate of drug-likeness (QED) is 0.854. The number of nitrogens with one attached hydrogen (secondary N) is 1. The Kier molecular flexibility index (Phi) is 5.55. The van der Waals surface area contributed by atoms with Gasteiger partial charge < -0.3 is 15.8 Å². The lowest BCUT2D eigenvalue weighted by molar-refractivity contribution is 0.0946. The second-order valence-electron chi connectivity index (χ2n) is 4.32. The Balaban J connectivity index is 1.95. The molecule has 0 unspecified atom stereocenters. The zero-order valence-electron chi connectivity index (χ0n) is 11.6. The molecule has 0 spiro atoms. The number of amides is 1. The molecule has 112 valence electrons. The Bertz CT molecular complexity index is 630. The van der Waals surface area contributed by atoms with E-state index in [1.54, 1.807) is 24.6 Å². The lowest BCUT2D eigenvalue weighted by Crippen LogP contribution is -2.23. The predicted molar refractivity (Wildman–Crippen MR) is 84.0 cm³/mol. The van der Waals surface area contributed by atoms with Gasteiger partial charge in [0.1, 0.15) is 11.4 Å². The van der Waals surface area contributed by atoms with Gasteiger partial charge in [0, 0.05) is 18.3 Å². The molecular weight excluding hydrogens is 310 g/mol. The van der Waals surface area contributed by atoms with E-state index in [9.17, 15) is 4.79 Å². The third-order valence-electron chi connectivity index (χ3n) is 2.81. The first-order chi connectivity index (χ1) is 10.1. The summed E-state index contributed by atoms with van der Waals surface area (Å²) in [5, 5.41) is 5.93. The van der Waals surface area contributed by atoms with Crippen molar-refractivity contribution in [1.29, 1.82) is 0 Å². The number of aromatic nitrogens is 1. The molecule has 2 rings (SSSR count). The Morgan fingerprint density at radius 1 is 1.52 bits per heavy atom. The summed E-state index contributed by atoms with van der Waals surface area (Å²) in [4.78, 5) is 16.2. The number of carbonyl (C=O) groups is 1. The summed E-state index contributed by atoms with van der Waals surface area (Å²) in [5.41, 5.74) is 6.78. The highest BCUT2D eigenvalue weighted by molar-refractivity contribution is 7.09. The third kappa shape index (κ3) is 4.17. The maximum atomic E-state index is 12.0. The largest absolute Gasteiger partial charge is 0.495 e. The molecule has 0 atom stereocenters. The molecule has 1 aromatic heterocycles. The third-order valence-corrected chi connectivity index (χ3v) is 4.02. The van der Waals surface area contributed by atoms with E-state index in [-0.39, 0.29) is 5.91 Å². The number of halogens is 1. The van der Waals surface area contributed by atoms with Crippen molar-refractivity contribution in [2.24, 2.45) is 5.73 Å². The Morgan fingerprint density at radius 3 is 3.00 bits per heavy atom. The van der Waals surface area contributed by atoms with Gasteiger partial charge in [0.15, 0.2) is 0 Å². The van der Waals surface area contributed by atoms with E-state index >= 15 is 0 Å². The summed E-state index contributed by atoms with van der Waals surface area (Å²) in [7, 11) is 1.56. The van der Waals surface area contributed by atoms with Crippen LogP contribution in [0.1, 0.15) is 21.1 Å². The van der Waals surface area contributed by atoms with Crippen LogP contribution in [0.15, 0.2) is 23.6 Å². The van der Waals surface area contributed by atoms with Gasteiger partial charge in [-0.3, -0.25) is 4.79 Å². The van der Waals surface area contributed by atoms with Crippen molar-refractivity contribution < 1.29 is 9.53 Å². The smallest absolute Gasteiger partial charge is 0.271 e. The minimum atomic E-state index is -0.207. The van der Waals surface area contributed by atoms with E-state index in [0.717, 1.165) is 10.6 Å². The first kappa shape index (κ1) is 15.8. The SMILES string of the molecule is COc1ccc(CNC(=O)c2csc(CCN)n2)cc1Cl. The van der Waals surface area contributed by atoms with Crippen LogP contribution in [0.5, 0.6) is 5.75 Å². The van der Waals surface area contributed by atoms with Gasteiger partial charge >= 0.3 is 0 Å². The molecule has 21 heavy (non-hydrogen) atoms. The van der Waals surface area contributed by atoms with Crippen LogP contribution in [-0.2, 0) is 13.0 Å². The first-order valence-corrected chi connectivity index (χ1v) is 7.65. The van der Waals surface area contributed by atoms with Crippen LogP contribution in [0.4, 0.5) is 0 Å². The lowest BCUT2D eigenvalue weighted by atomic mass is 10.2. The summed E-state index contributed by atoms with van der Waals surface area (Å²) < 4.78 is 5.08. The molecule has 0 saturated carbocycles. The summed E-state index contributed by atoms with van der Waals surface area (Å²) >= 11 is 7.48. The van der Waals surface area contributed by atoms with Crippen molar-refractivity contribution >= 4 is 28.8 Å². The highest BCUT2D eigenvalue weighted by Gasteiger charge is 2.10. The summed E-state index contributed by atoms with van der Waals surface area (Å²) in [6, 6.07) is 5.39. The van der Waals surface area contributed by atoms with Gasteiger partial charge in [0.2, 0.25) is 0 Å². The fraction of sp³-hybridized carbons (Fsp3) is 0.286. The zero-order valence-corrected chi connectivity index (χ0v) is 13.1. The molecule has 1 heterocycles. The molecule has 0 aliphatic heterocycles. The van der Waals surface area contributed by atoms with Crippen LogP contribution >= 0.6 is 22.9 Å². The molecule has 3 N–H and O–H groups in total. The Labute approximate surface area is 132 Å². The highest BCUT2D eigenvalue weighted by atomic mass is 35.5. The van der Waals surface area contributed by atoms with Gasteiger partial charge in [-0.1, -0.05) is 17.7 Å².